The maximum absolute atomic E-state index is 12.5. The summed E-state index contributed by atoms with van der Waals surface area (Å²) in [6.45, 7) is 0.406. The van der Waals surface area contributed by atoms with Gasteiger partial charge in [-0.25, -0.2) is 0 Å². The van der Waals surface area contributed by atoms with Crippen LogP contribution in [0, 0.1) is 0 Å². The first-order valence-corrected chi connectivity index (χ1v) is 9.64. The highest BCUT2D eigenvalue weighted by atomic mass is 35.5. The molecule has 5 nitrogen and oxygen atoms in total. The number of para-hydroxylation sites is 2. The standard InChI is InChI=1S/C22H16Cl2N2O3/c23-16-9-10-18(17(24)11-16)25-22(28)15-7-5-14(6-8-15)12-26-19-3-1-2-4-20(19)29-13-21(26)27/h1-11H,12-13H2,(H,25,28). The summed E-state index contributed by atoms with van der Waals surface area (Å²) in [6.07, 6.45) is 0. The third kappa shape index (κ3) is 4.21. The van der Waals surface area contributed by atoms with Crippen LogP contribution in [-0.2, 0) is 11.3 Å². The number of nitrogens with zero attached hydrogens (tertiary/aromatic N) is 1. The van der Waals surface area contributed by atoms with Crippen molar-refractivity contribution in [2.45, 2.75) is 6.54 Å². The number of carbonyl (C=O) groups is 2. The normalized spacial score (nSPS) is 12.9. The monoisotopic (exact) mass is 426 g/mol. The molecule has 1 heterocycles. The van der Waals surface area contributed by atoms with Crippen molar-refractivity contribution >= 4 is 46.4 Å². The van der Waals surface area contributed by atoms with E-state index in [-0.39, 0.29) is 18.4 Å². The van der Waals surface area contributed by atoms with Gasteiger partial charge in [-0.05, 0) is 48.0 Å². The average molecular weight is 427 g/mol. The number of ether oxygens (including phenoxy) is 1. The Balaban J connectivity index is 1.48. The van der Waals surface area contributed by atoms with Crippen molar-refractivity contribution in [3.63, 3.8) is 0 Å². The molecular weight excluding hydrogens is 411 g/mol. The molecule has 29 heavy (non-hydrogen) atoms. The summed E-state index contributed by atoms with van der Waals surface area (Å²) in [6, 6.07) is 19.4. The van der Waals surface area contributed by atoms with Gasteiger partial charge in [-0.2, -0.15) is 0 Å². The number of nitrogens with one attached hydrogen (secondary N) is 1. The lowest BCUT2D eigenvalue weighted by Crippen LogP contribution is -2.38. The third-order valence-corrected chi connectivity index (χ3v) is 5.09. The van der Waals surface area contributed by atoms with Crippen molar-refractivity contribution in [3.8, 4) is 5.75 Å². The molecule has 0 bridgehead atoms. The maximum atomic E-state index is 12.5. The van der Waals surface area contributed by atoms with Gasteiger partial charge in [0.2, 0.25) is 0 Å². The summed E-state index contributed by atoms with van der Waals surface area (Å²) in [5, 5.41) is 3.63. The van der Waals surface area contributed by atoms with Crippen LogP contribution in [0.2, 0.25) is 10.0 Å². The first-order valence-electron chi connectivity index (χ1n) is 8.89. The third-order valence-electron chi connectivity index (χ3n) is 4.54. The van der Waals surface area contributed by atoms with Crippen LogP contribution in [0.5, 0.6) is 5.75 Å². The number of rotatable bonds is 4. The zero-order valence-electron chi connectivity index (χ0n) is 15.2. The number of amides is 2. The average Bonchev–Trinajstić information content (AvgIpc) is 2.72. The van der Waals surface area contributed by atoms with Crippen LogP contribution in [0.1, 0.15) is 15.9 Å². The Morgan fingerprint density at radius 2 is 1.79 bits per heavy atom. The van der Waals surface area contributed by atoms with Crippen molar-refractivity contribution in [1.29, 1.82) is 0 Å². The van der Waals surface area contributed by atoms with Crippen LogP contribution in [0.15, 0.2) is 66.7 Å². The number of fused-ring (bicyclic) bond motifs is 1. The van der Waals surface area contributed by atoms with Gasteiger partial charge in [0, 0.05) is 10.6 Å². The summed E-state index contributed by atoms with van der Waals surface area (Å²) in [7, 11) is 0. The lowest BCUT2D eigenvalue weighted by Gasteiger charge is -2.29. The van der Waals surface area contributed by atoms with Crippen molar-refractivity contribution in [1.82, 2.24) is 0 Å². The van der Waals surface area contributed by atoms with E-state index in [4.69, 9.17) is 27.9 Å². The highest BCUT2D eigenvalue weighted by Gasteiger charge is 2.25. The molecule has 2 amide bonds. The molecule has 0 aliphatic carbocycles. The van der Waals surface area contributed by atoms with Crippen molar-refractivity contribution in [3.05, 3.63) is 87.9 Å². The second kappa shape index (κ2) is 8.15. The van der Waals surface area contributed by atoms with Crippen LogP contribution < -0.4 is 15.0 Å². The van der Waals surface area contributed by atoms with E-state index >= 15 is 0 Å². The van der Waals surface area contributed by atoms with Crippen LogP contribution in [0.4, 0.5) is 11.4 Å². The molecule has 0 aromatic heterocycles. The Morgan fingerprint density at radius 1 is 1.03 bits per heavy atom. The molecule has 146 valence electrons. The Hall–Kier alpha value is -3.02. The minimum Gasteiger partial charge on any atom is -0.482 e. The minimum absolute atomic E-state index is 0.0132. The Bertz CT molecular complexity index is 1080. The van der Waals surface area contributed by atoms with Crippen LogP contribution in [-0.4, -0.2) is 18.4 Å². The van der Waals surface area contributed by atoms with E-state index in [9.17, 15) is 9.59 Å². The van der Waals surface area contributed by atoms with Crippen molar-refractivity contribution in [2.24, 2.45) is 0 Å². The number of carbonyl (C=O) groups excluding carboxylic acids is 2. The highest BCUT2D eigenvalue weighted by molar-refractivity contribution is 6.36. The quantitative estimate of drug-likeness (QED) is 0.625. The molecule has 1 N–H and O–H groups in total. The van der Waals surface area contributed by atoms with Gasteiger partial charge < -0.3 is 15.0 Å². The van der Waals surface area contributed by atoms with Gasteiger partial charge in [0.25, 0.3) is 11.8 Å². The molecule has 3 aromatic carbocycles. The summed E-state index contributed by atoms with van der Waals surface area (Å²) in [5.74, 6) is 0.291. The van der Waals surface area contributed by atoms with E-state index in [1.807, 2.05) is 36.4 Å². The molecule has 3 aromatic rings. The van der Waals surface area contributed by atoms with Gasteiger partial charge in [0.05, 0.1) is 22.9 Å². The van der Waals surface area contributed by atoms with Gasteiger partial charge >= 0.3 is 0 Å². The van der Waals surface area contributed by atoms with E-state index in [0.29, 0.717) is 33.6 Å². The zero-order chi connectivity index (χ0) is 20.4. The first-order chi connectivity index (χ1) is 14.0. The Labute approximate surface area is 177 Å². The Kier molecular flexibility index (Phi) is 5.43. The number of benzene rings is 3. The molecule has 4 rings (SSSR count). The van der Waals surface area contributed by atoms with Crippen LogP contribution in [0.3, 0.4) is 0 Å². The number of anilines is 2. The summed E-state index contributed by atoms with van der Waals surface area (Å²) < 4.78 is 5.46. The van der Waals surface area contributed by atoms with E-state index in [0.717, 1.165) is 11.3 Å². The molecule has 0 atom stereocenters. The predicted molar refractivity (Wildman–Crippen MR) is 114 cm³/mol. The number of halogens is 2. The minimum atomic E-state index is -0.284. The maximum Gasteiger partial charge on any atom is 0.265 e. The fourth-order valence-electron chi connectivity index (χ4n) is 3.06. The lowest BCUT2D eigenvalue weighted by molar-refractivity contribution is -0.121. The predicted octanol–water partition coefficient (Wildman–Crippen LogP) is 5.17. The molecule has 0 unspecified atom stereocenters. The summed E-state index contributed by atoms with van der Waals surface area (Å²) in [4.78, 5) is 26.5. The number of hydrogen-bond acceptors (Lipinski definition) is 3. The first kappa shape index (κ1) is 19.3. The molecule has 0 fully saturated rings. The van der Waals surface area contributed by atoms with E-state index in [2.05, 4.69) is 5.32 Å². The van der Waals surface area contributed by atoms with E-state index < -0.39 is 0 Å². The van der Waals surface area contributed by atoms with Gasteiger partial charge in [-0.1, -0.05) is 47.5 Å². The van der Waals surface area contributed by atoms with Crippen molar-refractivity contribution < 1.29 is 14.3 Å². The fourth-order valence-corrected chi connectivity index (χ4v) is 3.51. The van der Waals surface area contributed by atoms with Crippen molar-refractivity contribution in [2.75, 3.05) is 16.8 Å². The molecule has 0 spiro atoms. The molecular formula is C22H16Cl2N2O3. The second-order valence-corrected chi connectivity index (χ2v) is 7.36. The van der Waals surface area contributed by atoms with Gasteiger partial charge in [-0.3, -0.25) is 9.59 Å². The molecule has 1 aliphatic heterocycles. The molecule has 0 saturated heterocycles. The molecule has 1 aliphatic rings. The smallest absolute Gasteiger partial charge is 0.265 e. The SMILES string of the molecule is O=C(Nc1ccc(Cl)cc1Cl)c1ccc(CN2C(=O)COc3ccccc32)cc1. The second-order valence-electron chi connectivity index (χ2n) is 6.51. The van der Waals surface area contributed by atoms with Crippen LogP contribution in [0.25, 0.3) is 0 Å². The molecule has 0 saturated carbocycles. The fraction of sp³-hybridized carbons (Fsp3) is 0.0909. The van der Waals surface area contributed by atoms with E-state index in [1.54, 1.807) is 35.2 Å². The van der Waals surface area contributed by atoms with Crippen LogP contribution >= 0.6 is 23.2 Å². The molecule has 7 heteroatoms. The number of hydrogen-bond donors (Lipinski definition) is 1. The van der Waals surface area contributed by atoms with Gasteiger partial charge in [-0.15, -0.1) is 0 Å². The summed E-state index contributed by atoms with van der Waals surface area (Å²) in [5.41, 5.74) is 2.60. The topological polar surface area (TPSA) is 58.6 Å². The lowest BCUT2D eigenvalue weighted by atomic mass is 10.1. The molecule has 0 radical (unpaired) electrons. The van der Waals surface area contributed by atoms with Gasteiger partial charge in [0.1, 0.15) is 5.75 Å². The van der Waals surface area contributed by atoms with Gasteiger partial charge in [0.15, 0.2) is 6.61 Å². The zero-order valence-corrected chi connectivity index (χ0v) is 16.7. The Morgan fingerprint density at radius 3 is 2.55 bits per heavy atom. The summed E-state index contributed by atoms with van der Waals surface area (Å²) >= 11 is 12.0. The highest BCUT2D eigenvalue weighted by Crippen LogP contribution is 2.32. The van der Waals surface area contributed by atoms with E-state index in [1.165, 1.54) is 0 Å². The largest absolute Gasteiger partial charge is 0.482 e.